The molecule has 4 heteroatoms. The van der Waals surface area contributed by atoms with Gasteiger partial charge in [-0.15, -0.1) is 0 Å². The van der Waals surface area contributed by atoms with Crippen molar-refractivity contribution in [2.45, 2.75) is 52.1 Å². The minimum atomic E-state index is 0.554. The van der Waals surface area contributed by atoms with Crippen molar-refractivity contribution in [3.05, 3.63) is 11.9 Å². The molecule has 4 nitrogen and oxygen atoms in total. The molecule has 16 heavy (non-hydrogen) atoms. The average Bonchev–Trinajstić information content (AvgIpc) is 2.64. The van der Waals surface area contributed by atoms with E-state index in [2.05, 4.69) is 28.7 Å². The van der Waals surface area contributed by atoms with Crippen LogP contribution in [0.3, 0.4) is 0 Å². The summed E-state index contributed by atoms with van der Waals surface area (Å²) in [6.07, 6.45) is 5.21. The third-order valence-electron chi connectivity index (χ3n) is 3.60. The fourth-order valence-corrected chi connectivity index (χ4v) is 2.57. The summed E-state index contributed by atoms with van der Waals surface area (Å²) < 4.78 is 0. The van der Waals surface area contributed by atoms with Gasteiger partial charge in [-0.25, -0.2) is 9.97 Å². The zero-order valence-electron chi connectivity index (χ0n) is 10.3. The number of rotatable bonds is 2. The van der Waals surface area contributed by atoms with E-state index in [1.54, 1.807) is 6.33 Å². The maximum Gasteiger partial charge on any atom is 0.137 e. The average molecular weight is 220 g/mol. The van der Waals surface area contributed by atoms with E-state index >= 15 is 0 Å². The van der Waals surface area contributed by atoms with Gasteiger partial charge in [-0.2, -0.15) is 0 Å². The van der Waals surface area contributed by atoms with Gasteiger partial charge in [-0.1, -0.05) is 6.92 Å². The summed E-state index contributed by atoms with van der Waals surface area (Å²) in [5, 5.41) is 0. The first-order chi connectivity index (χ1) is 7.65. The molecule has 2 atom stereocenters. The first kappa shape index (κ1) is 11.2. The normalized spacial score (nSPS) is 25.1. The number of anilines is 2. The second-order valence-corrected chi connectivity index (χ2v) is 4.60. The molecule has 0 radical (unpaired) electrons. The van der Waals surface area contributed by atoms with Crippen LogP contribution in [0.2, 0.25) is 0 Å². The van der Waals surface area contributed by atoms with Crippen molar-refractivity contribution in [3.8, 4) is 0 Å². The Morgan fingerprint density at radius 3 is 2.88 bits per heavy atom. The molecule has 1 aliphatic heterocycles. The Labute approximate surface area is 96.9 Å². The topological polar surface area (TPSA) is 55.0 Å². The Morgan fingerprint density at radius 2 is 2.19 bits per heavy atom. The van der Waals surface area contributed by atoms with E-state index in [1.807, 2.05) is 6.92 Å². The molecule has 1 aromatic heterocycles. The molecule has 1 aromatic rings. The van der Waals surface area contributed by atoms with E-state index in [0.29, 0.717) is 17.9 Å². The first-order valence-electron chi connectivity index (χ1n) is 6.00. The number of nitrogens with two attached hydrogens (primary N) is 1. The quantitative estimate of drug-likeness (QED) is 0.829. The van der Waals surface area contributed by atoms with Crippen LogP contribution in [0.1, 0.15) is 38.7 Å². The maximum atomic E-state index is 5.84. The van der Waals surface area contributed by atoms with E-state index in [0.717, 1.165) is 17.8 Å². The summed E-state index contributed by atoms with van der Waals surface area (Å²) in [6, 6.07) is 1.15. The predicted molar refractivity (Wildman–Crippen MR) is 66.4 cm³/mol. The first-order valence-corrected chi connectivity index (χ1v) is 6.00. The van der Waals surface area contributed by atoms with Crippen LogP contribution in [-0.2, 0) is 0 Å². The lowest BCUT2D eigenvalue weighted by Crippen LogP contribution is -2.35. The van der Waals surface area contributed by atoms with Crippen molar-refractivity contribution in [3.63, 3.8) is 0 Å². The summed E-state index contributed by atoms with van der Waals surface area (Å²) in [6.45, 7) is 6.49. The van der Waals surface area contributed by atoms with Gasteiger partial charge in [0.05, 0.1) is 0 Å². The van der Waals surface area contributed by atoms with Crippen LogP contribution in [0.15, 0.2) is 6.33 Å². The summed E-state index contributed by atoms with van der Waals surface area (Å²) >= 11 is 0. The summed E-state index contributed by atoms with van der Waals surface area (Å²) in [7, 11) is 0. The van der Waals surface area contributed by atoms with E-state index < -0.39 is 0 Å². The molecule has 2 unspecified atom stereocenters. The number of hydrogen-bond acceptors (Lipinski definition) is 4. The van der Waals surface area contributed by atoms with Gasteiger partial charge >= 0.3 is 0 Å². The highest BCUT2D eigenvalue weighted by molar-refractivity contribution is 5.57. The lowest BCUT2D eigenvalue weighted by molar-refractivity contribution is 0.619. The molecule has 0 saturated carbocycles. The monoisotopic (exact) mass is 220 g/mol. The van der Waals surface area contributed by atoms with Crippen LogP contribution in [0, 0.1) is 6.92 Å². The minimum Gasteiger partial charge on any atom is -0.383 e. The second kappa shape index (κ2) is 4.28. The van der Waals surface area contributed by atoms with Gasteiger partial charge in [-0.05, 0) is 33.1 Å². The van der Waals surface area contributed by atoms with Crippen LogP contribution in [-0.4, -0.2) is 22.1 Å². The van der Waals surface area contributed by atoms with Crippen LogP contribution in [0.5, 0.6) is 0 Å². The van der Waals surface area contributed by atoms with E-state index in [4.69, 9.17) is 5.73 Å². The fourth-order valence-electron chi connectivity index (χ4n) is 2.57. The number of nitrogen functional groups attached to an aromatic ring is 1. The third-order valence-corrected chi connectivity index (χ3v) is 3.60. The Kier molecular flexibility index (Phi) is 2.99. The lowest BCUT2D eigenvalue weighted by Gasteiger charge is -2.30. The number of nitrogens with zero attached hydrogens (tertiary/aromatic N) is 3. The van der Waals surface area contributed by atoms with Crippen molar-refractivity contribution in [1.29, 1.82) is 0 Å². The Balaban J connectivity index is 2.38. The molecule has 1 fully saturated rings. The highest BCUT2D eigenvalue weighted by Crippen LogP contribution is 2.33. The molecule has 0 spiro atoms. The third kappa shape index (κ3) is 1.72. The minimum absolute atomic E-state index is 0.554. The molecular weight excluding hydrogens is 200 g/mol. The van der Waals surface area contributed by atoms with Gasteiger partial charge < -0.3 is 10.6 Å². The molecule has 2 N–H and O–H groups in total. The molecule has 0 aliphatic carbocycles. The van der Waals surface area contributed by atoms with Gasteiger partial charge in [0.15, 0.2) is 0 Å². The van der Waals surface area contributed by atoms with Crippen molar-refractivity contribution < 1.29 is 0 Å². The molecule has 2 heterocycles. The SMILES string of the molecule is CCC1CCC(C)N1c1ncnc(N)c1C. The molecule has 0 aromatic carbocycles. The zero-order chi connectivity index (χ0) is 11.7. The standard InChI is InChI=1S/C12H20N4/c1-4-10-6-5-8(2)16(10)12-9(3)11(13)14-7-15-12/h7-8,10H,4-6H2,1-3H3,(H2,13,14,15). The Bertz CT molecular complexity index is 377. The molecule has 88 valence electrons. The van der Waals surface area contributed by atoms with Crippen LogP contribution >= 0.6 is 0 Å². The van der Waals surface area contributed by atoms with Gasteiger partial charge in [0.25, 0.3) is 0 Å². The van der Waals surface area contributed by atoms with E-state index in [1.165, 1.54) is 12.8 Å². The molecular formula is C12H20N4. The zero-order valence-corrected chi connectivity index (χ0v) is 10.3. The van der Waals surface area contributed by atoms with Crippen LogP contribution in [0.25, 0.3) is 0 Å². The van der Waals surface area contributed by atoms with Crippen LogP contribution < -0.4 is 10.6 Å². The number of aromatic nitrogens is 2. The van der Waals surface area contributed by atoms with Crippen molar-refractivity contribution in [2.24, 2.45) is 0 Å². The molecule has 0 bridgehead atoms. The van der Waals surface area contributed by atoms with Crippen molar-refractivity contribution in [1.82, 2.24) is 9.97 Å². The van der Waals surface area contributed by atoms with Crippen molar-refractivity contribution >= 4 is 11.6 Å². The van der Waals surface area contributed by atoms with Gasteiger partial charge in [0.2, 0.25) is 0 Å². The largest absolute Gasteiger partial charge is 0.383 e. The van der Waals surface area contributed by atoms with Gasteiger partial charge in [-0.3, -0.25) is 0 Å². The lowest BCUT2D eigenvalue weighted by atomic mass is 10.1. The molecule has 2 rings (SSSR count). The summed E-state index contributed by atoms with van der Waals surface area (Å²) in [5.41, 5.74) is 6.85. The Hall–Kier alpha value is -1.32. The van der Waals surface area contributed by atoms with Crippen LogP contribution in [0.4, 0.5) is 11.6 Å². The summed E-state index contributed by atoms with van der Waals surface area (Å²) in [4.78, 5) is 10.8. The Morgan fingerprint density at radius 1 is 1.44 bits per heavy atom. The molecule has 0 amide bonds. The van der Waals surface area contributed by atoms with E-state index in [-0.39, 0.29) is 0 Å². The maximum absolute atomic E-state index is 5.84. The van der Waals surface area contributed by atoms with Gasteiger partial charge in [0.1, 0.15) is 18.0 Å². The molecule has 1 aliphatic rings. The fraction of sp³-hybridized carbons (Fsp3) is 0.667. The highest BCUT2D eigenvalue weighted by Gasteiger charge is 2.31. The summed E-state index contributed by atoms with van der Waals surface area (Å²) in [5.74, 6) is 1.61. The predicted octanol–water partition coefficient (Wildman–Crippen LogP) is 2.13. The van der Waals surface area contributed by atoms with Gasteiger partial charge in [0, 0.05) is 17.6 Å². The highest BCUT2D eigenvalue weighted by atomic mass is 15.3. The second-order valence-electron chi connectivity index (χ2n) is 4.60. The number of hydrogen-bond donors (Lipinski definition) is 1. The smallest absolute Gasteiger partial charge is 0.137 e. The van der Waals surface area contributed by atoms with Crippen molar-refractivity contribution in [2.75, 3.05) is 10.6 Å². The molecule has 1 saturated heterocycles. The van der Waals surface area contributed by atoms with E-state index in [9.17, 15) is 0 Å².